The zero-order chi connectivity index (χ0) is 43.3. The predicted molar refractivity (Wildman–Crippen MR) is 271 cm³/mol. The lowest BCUT2D eigenvalue weighted by molar-refractivity contribution is 0.394. The van der Waals surface area contributed by atoms with Gasteiger partial charge in [-0.15, -0.1) is 0 Å². The fraction of sp³-hybridized carbons (Fsp3) is 0.0938. The molecule has 0 heterocycles. The molecule has 0 saturated heterocycles. The zero-order valence-electron chi connectivity index (χ0n) is 36.6. The van der Waals surface area contributed by atoms with Crippen LogP contribution in [-0.4, -0.2) is 0 Å². The Kier molecular flexibility index (Phi) is 8.37. The summed E-state index contributed by atoms with van der Waals surface area (Å²) in [7, 11) is 0. The average molecular weight is 830 g/mol. The van der Waals surface area contributed by atoms with Crippen molar-refractivity contribution in [1.82, 2.24) is 0 Å². The van der Waals surface area contributed by atoms with Crippen LogP contribution in [0.5, 0.6) is 0 Å². The molecule has 1 nitrogen and oxygen atoms in total. The van der Waals surface area contributed by atoms with E-state index < -0.39 is 5.41 Å². The molecule has 9 aromatic rings. The Balaban J connectivity index is 1.00. The molecule has 1 spiro atoms. The Bertz CT molecular complexity index is 3380. The Hall–Kier alpha value is -7.74. The highest BCUT2D eigenvalue weighted by Gasteiger charge is 2.52. The van der Waals surface area contributed by atoms with Gasteiger partial charge in [0.1, 0.15) is 0 Å². The quantitative estimate of drug-likeness (QED) is 0.161. The summed E-state index contributed by atoms with van der Waals surface area (Å²) in [5.74, 6) is 0.821. The lowest BCUT2D eigenvalue weighted by atomic mass is 9.70. The molecule has 308 valence electrons. The van der Waals surface area contributed by atoms with Gasteiger partial charge in [-0.05, 0) is 143 Å². The van der Waals surface area contributed by atoms with E-state index in [0.29, 0.717) is 11.8 Å². The number of rotatable bonds is 6. The van der Waals surface area contributed by atoms with Crippen molar-refractivity contribution in [2.24, 2.45) is 5.92 Å². The minimum Gasteiger partial charge on any atom is -0.310 e. The van der Waals surface area contributed by atoms with Crippen LogP contribution < -0.4 is 4.90 Å². The smallest absolute Gasteiger partial charge is 0.0726 e. The predicted octanol–water partition coefficient (Wildman–Crippen LogP) is 16.6. The van der Waals surface area contributed by atoms with E-state index >= 15 is 0 Å². The van der Waals surface area contributed by atoms with E-state index in [2.05, 4.69) is 255 Å². The number of nitrogens with zero attached hydrogens (tertiary/aromatic N) is 1. The number of allylic oxidation sites excluding steroid dienone is 4. The van der Waals surface area contributed by atoms with Gasteiger partial charge in [0.15, 0.2) is 0 Å². The monoisotopic (exact) mass is 829 g/mol. The normalized spacial score (nSPS) is 18.7. The first kappa shape index (κ1) is 37.8. The fourth-order valence-corrected chi connectivity index (χ4v) is 12.1. The van der Waals surface area contributed by atoms with Crippen LogP contribution in [0.15, 0.2) is 237 Å². The van der Waals surface area contributed by atoms with Crippen molar-refractivity contribution in [3.63, 3.8) is 0 Å². The van der Waals surface area contributed by atoms with Gasteiger partial charge in [-0.2, -0.15) is 0 Å². The fourth-order valence-electron chi connectivity index (χ4n) is 12.1. The van der Waals surface area contributed by atoms with Crippen molar-refractivity contribution in [3.05, 3.63) is 270 Å². The first-order chi connectivity index (χ1) is 32.0. The third-order valence-corrected chi connectivity index (χ3v) is 15.2. The Morgan fingerprint density at radius 1 is 0.338 bits per heavy atom. The SMILES string of the molecule is CC1(C)c2cc(N(c3ccc(-c4ccc(-c5ccccc5)cc4)cc3)c3ccc4c(c3)C3(c5ccccc5-c5ccc(-c6ccccc6)cc53)c3ccccc3-4)ccc2C2C=CC=CC21. The Morgan fingerprint density at radius 3 is 1.40 bits per heavy atom. The molecule has 13 rings (SSSR count). The number of benzene rings is 9. The van der Waals surface area contributed by atoms with Crippen LogP contribution in [0.25, 0.3) is 55.6 Å². The molecule has 0 radical (unpaired) electrons. The second-order valence-corrected chi connectivity index (χ2v) is 18.8. The lowest BCUT2D eigenvalue weighted by Crippen LogP contribution is -2.26. The molecule has 0 aromatic heterocycles. The van der Waals surface area contributed by atoms with Crippen molar-refractivity contribution in [1.29, 1.82) is 0 Å². The van der Waals surface area contributed by atoms with Crippen LogP contribution in [0.2, 0.25) is 0 Å². The minimum atomic E-state index is -0.492. The van der Waals surface area contributed by atoms with E-state index in [-0.39, 0.29) is 5.41 Å². The molecule has 0 aliphatic heterocycles. The molecular formula is C64H47N. The van der Waals surface area contributed by atoms with Crippen LogP contribution in [0, 0.1) is 5.92 Å². The summed E-state index contributed by atoms with van der Waals surface area (Å²) in [5, 5.41) is 0. The van der Waals surface area contributed by atoms with Crippen molar-refractivity contribution >= 4 is 17.1 Å². The molecule has 4 aliphatic carbocycles. The minimum absolute atomic E-state index is 0.0178. The molecule has 0 saturated carbocycles. The number of hydrogen-bond donors (Lipinski definition) is 0. The van der Waals surface area contributed by atoms with E-state index in [1.165, 1.54) is 94.7 Å². The van der Waals surface area contributed by atoms with Gasteiger partial charge in [-0.3, -0.25) is 0 Å². The van der Waals surface area contributed by atoms with Gasteiger partial charge in [0.25, 0.3) is 0 Å². The first-order valence-corrected chi connectivity index (χ1v) is 23.1. The van der Waals surface area contributed by atoms with Crippen LogP contribution in [0.1, 0.15) is 53.1 Å². The van der Waals surface area contributed by atoms with E-state index in [0.717, 1.165) is 11.4 Å². The summed E-state index contributed by atoms with van der Waals surface area (Å²) < 4.78 is 0. The van der Waals surface area contributed by atoms with Gasteiger partial charge in [-0.1, -0.05) is 208 Å². The van der Waals surface area contributed by atoms with Crippen molar-refractivity contribution in [2.45, 2.75) is 30.6 Å². The Morgan fingerprint density at radius 2 is 0.769 bits per heavy atom. The maximum Gasteiger partial charge on any atom is 0.0726 e. The summed E-state index contributed by atoms with van der Waals surface area (Å²) in [6.45, 7) is 4.86. The average Bonchev–Trinajstić information content (AvgIpc) is 3.92. The summed E-state index contributed by atoms with van der Waals surface area (Å²) in [6.07, 6.45) is 9.29. The van der Waals surface area contributed by atoms with Gasteiger partial charge < -0.3 is 4.90 Å². The van der Waals surface area contributed by atoms with Crippen molar-refractivity contribution in [3.8, 4) is 55.6 Å². The zero-order valence-corrected chi connectivity index (χ0v) is 36.6. The van der Waals surface area contributed by atoms with Crippen molar-refractivity contribution in [2.75, 3.05) is 4.90 Å². The van der Waals surface area contributed by atoms with E-state index in [1.807, 2.05) is 0 Å². The maximum atomic E-state index is 2.52. The van der Waals surface area contributed by atoms with Crippen LogP contribution >= 0.6 is 0 Å². The first-order valence-electron chi connectivity index (χ1n) is 23.1. The summed E-state index contributed by atoms with van der Waals surface area (Å²) in [6, 6.07) is 79.6. The number of anilines is 3. The van der Waals surface area contributed by atoms with Crippen LogP contribution in [0.4, 0.5) is 17.1 Å². The molecule has 4 aliphatic rings. The molecule has 65 heavy (non-hydrogen) atoms. The molecule has 3 unspecified atom stereocenters. The van der Waals surface area contributed by atoms with Gasteiger partial charge >= 0.3 is 0 Å². The molecular weight excluding hydrogens is 783 g/mol. The van der Waals surface area contributed by atoms with E-state index in [1.54, 1.807) is 0 Å². The lowest BCUT2D eigenvalue weighted by Gasteiger charge is -2.33. The largest absolute Gasteiger partial charge is 0.310 e. The molecule has 0 bridgehead atoms. The number of hydrogen-bond acceptors (Lipinski definition) is 1. The highest BCUT2D eigenvalue weighted by molar-refractivity contribution is 5.97. The standard InChI is InChI=1S/C64H47N/c1-63(2)57-22-12-9-19-51(57)54-37-34-49(40-60(54)63)65(48-32-29-46(30-33-48)45-27-25-44(26-28-45)42-15-5-3-6-16-42)50-35-38-56-53-21-11-14-24-59(53)64(62(56)41-50)58-23-13-10-20-52(58)55-36-31-47(39-61(55)64)43-17-7-4-8-18-43/h3-41,51,57H,1-2H3. The highest BCUT2D eigenvalue weighted by atomic mass is 15.1. The van der Waals surface area contributed by atoms with Crippen molar-refractivity contribution < 1.29 is 0 Å². The Labute approximate surface area is 382 Å². The summed E-state index contributed by atoms with van der Waals surface area (Å²) >= 11 is 0. The van der Waals surface area contributed by atoms with E-state index in [4.69, 9.17) is 0 Å². The molecule has 3 atom stereocenters. The second-order valence-electron chi connectivity index (χ2n) is 18.8. The topological polar surface area (TPSA) is 3.24 Å². The van der Waals surface area contributed by atoms with Gasteiger partial charge in [-0.25, -0.2) is 0 Å². The molecule has 0 amide bonds. The highest BCUT2D eigenvalue weighted by Crippen LogP contribution is 2.64. The molecule has 1 heteroatoms. The molecule has 0 fully saturated rings. The van der Waals surface area contributed by atoms with Crippen LogP contribution in [-0.2, 0) is 10.8 Å². The summed E-state index contributed by atoms with van der Waals surface area (Å²) in [4.78, 5) is 2.51. The van der Waals surface area contributed by atoms with Gasteiger partial charge in [0.05, 0.1) is 5.41 Å². The third kappa shape index (κ3) is 5.58. The van der Waals surface area contributed by atoms with E-state index in [9.17, 15) is 0 Å². The number of fused-ring (bicyclic) bond motifs is 13. The maximum absolute atomic E-state index is 2.52. The third-order valence-electron chi connectivity index (χ3n) is 15.2. The van der Waals surface area contributed by atoms with Gasteiger partial charge in [0.2, 0.25) is 0 Å². The molecule has 9 aromatic carbocycles. The van der Waals surface area contributed by atoms with Crippen LogP contribution in [0.3, 0.4) is 0 Å². The second kappa shape index (κ2) is 14.4. The van der Waals surface area contributed by atoms with Gasteiger partial charge in [0, 0.05) is 23.0 Å². The molecule has 0 N–H and O–H groups in total. The summed E-state index contributed by atoms with van der Waals surface area (Å²) in [5.41, 5.74) is 23.7.